The van der Waals surface area contributed by atoms with Crippen LogP contribution >= 0.6 is 11.8 Å². The Hall–Kier alpha value is -1.52. The molecular weight excluding hydrogens is 368 g/mol. The number of hydrogen-bond acceptors (Lipinski definition) is 6. The summed E-state index contributed by atoms with van der Waals surface area (Å²) >= 11 is 1.60. The first-order valence-corrected chi connectivity index (χ1v) is 10.4. The third kappa shape index (κ3) is 4.36. The van der Waals surface area contributed by atoms with Crippen molar-refractivity contribution in [2.75, 3.05) is 19.3 Å². The number of sulfonamides is 1. The van der Waals surface area contributed by atoms with Crippen molar-refractivity contribution >= 4 is 33.7 Å². The molecule has 1 fully saturated rings. The summed E-state index contributed by atoms with van der Waals surface area (Å²) in [7, 11) is -4.07. The van der Waals surface area contributed by atoms with E-state index >= 15 is 0 Å². The van der Waals surface area contributed by atoms with Gasteiger partial charge < -0.3 is 14.8 Å². The number of amides is 1. The first kappa shape index (κ1) is 19.8. The molecule has 2 rings (SSSR count). The van der Waals surface area contributed by atoms with E-state index in [0.29, 0.717) is 19.4 Å². The molecular formula is C15H22N2O6S2. The average Bonchev–Trinajstić information content (AvgIpc) is 3.22. The van der Waals surface area contributed by atoms with Gasteiger partial charge in [-0.25, -0.2) is 13.2 Å². The van der Waals surface area contributed by atoms with E-state index < -0.39 is 32.9 Å². The molecule has 0 spiro atoms. The minimum atomic E-state index is -4.07. The lowest BCUT2D eigenvalue weighted by atomic mass is 10.2. The van der Waals surface area contributed by atoms with Gasteiger partial charge in [0.05, 0.1) is 0 Å². The largest absolute Gasteiger partial charge is 0.475 e. The maximum atomic E-state index is 12.7. The van der Waals surface area contributed by atoms with Crippen LogP contribution in [0.2, 0.25) is 0 Å². The molecule has 140 valence electrons. The summed E-state index contributed by atoms with van der Waals surface area (Å²) in [6.07, 6.45) is 2.91. The minimum absolute atomic E-state index is 0.157. The number of carbonyl (C=O) groups excluding carboxylic acids is 1. The van der Waals surface area contributed by atoms with Crippen LogP contribution in [-0.4, -0.2) is 59.8 Å². The number of aromatic carboxylic acids is 1. The van der Waals surface area contributed by atoms with Gasteiger partial charge in [-0.15, -0.1) is 0 Å². The highest BCUT2D eigenvalue weighted by Gasteiger charge is 2.41. The number of carboxylic acids is 1. The van der Waals surface area contributed by atoms with Crippen molar-refractivity contribution in [3.63, 3.8) is 0 Å². The zero-order valence-corrected chi connectivity index (χ0v) is 15.9. The second kappa shape index (κ2) is 7.38. The molecule has 0 aromatic carbocycles. The van der Waals surface area contributed by atoms with Crippen LogP contribution in [0.3, 0.4) is 0 Å². The molecule has 10 heteroatoms. The highest BCUT2D eigenvalue weighted by atomic mass is 32.2. The fraction of sp³-hybridized carbons (Fsp3) is 0.600. The molecule has 1 aliphatic heterocycles. The summed E-state index contributed by atoms with van der Waals surface area (Å²) in [6.45, 7) is 4.57. The lowest BCUT2D eigenvalue weighted by Crippen LogP contribution is -2.48. The first-order chi connectivity index (χ1) is 11.6. The molecule has 8 nitrogen and oxygen atoms in total. The van der Waals surface area contributed by atoms with E-state index in [1.165, 1.54) is 0 Å². The van der Waals surface area contributed by atoms with Crippen LogP contribution < -0.4 is 5.32 Å². The lowest BCUT2D eigenvalue weighted by Gasteiger charge is -2.26. The average molecular weight is 390 g/mol. The van der Waals surface area contributed by atoms with Crippen molar-refractivity contribution in [2.45, 2.75) is 42.6 Å². The normalized spacial score (nSPS) is 19.1. The first-order valence-electron chi connectivity index (χ1n) is 7.76. The molecule has 1 atom stereocenters. The van der Waals surface area contributed by atoms with E-state index in [2.05, 4.69) is 5.32 Å². The van der Waals surface area contributed by atoms with E-state index in [0.717, 1.165) is 16.4 Å². The Balaban J connectivity index is 2.16. The monoisotopic (exact) mass is 390 g/mol. The van der Waals surface area contributed by atoms with Crippen LogP contribution in [0.4, 0.5) is 0 Å². The summed E-state index contributed by atoms with van der Waals surface area (Å²) in [4.78, 5) is 23.3. The summed E-state index contributed by atoms with van der Waals surface area (Å²) in [6, 6.07) is 1.37. The number of thioether (sulfide) groups is 1. The van der Waals surface area contributed by atoms with Crippen LogP contribution in [0.15, 0.2) is 21.6 Å². The summed E-state index contributed by atoms with van der Waals surface area (Å²) in [5.74, 6) is -2.16. The summed E-state index contributed by atoms with van der Waals surface area (Å²) in [5, 5.41) is 11.2. The van der Waals surface area contributed by atoms with Crippen molar-refractivity contribution in [1.82, 2.24) is 9.62 Å². The second-order valence-corrected chi connectivity index (χ2v) is 9.71. The van der Waals surface area contributed by atoms with Gasteiger partial charge in [0.1, 0.15) is 6.04 Å². The third-order valence-corrected chi connectivity index (χ3v) is 7.13. The Labute approximate surface area is 151 Å². The van der Waals surface area contributed by atoms with E-state index in [9.17, 15) is 18.0 Å². The Morgan fingerprint density at radius 1 is 1.44 bits per heavy atom. The van der Waals surface area contributed by atoms with Crippen LogP contribution in [0, 0.1) is 0 Å². The fourth-order valence-corrected chi connectivity index (χ4v) is 4.26. The number of carbonyl (C=O) groups is 2. The summed E-state index contributed by atoms with van der Waals surface area (Å²) in [5.41, 5.74) is 0. The predicted octanol–water partition coefficient (Wildman–Crippen LogP) is 1.39. The smallest absolute Gasteiger partial charge is 0.371 e. The van der Waals surface area contributed by atoms with Crippen molar-refractivity contribution in [3.05, 3.63) is 17.9 Å². The molecule has 0 bridgehead atoms. The van der Waals surface area contributed by atoms with Crippen molar-refractivity contribution in [3.8, 4) is 0 Å². The van der Waals surface area contributed by atoms with E-state index in [-0.39, 0.29) is 17.2 Å². The molecule has 1 aromatic rings. The Morgan fingerprint density at radius 2 is 2.12 bits per heavy atom. The number of hydrogen-bond donors (Lipinski definition) is 2. The topological polar surface area (TPSA) is 117 Å². The number of carboxylic acid groups (broad SMARTS) is 1. The van der Waals surface area contributed by atoms with Gasteiger partial charge in [-0.05, 0) is 45.1 Å². The van der Waals surface area contributed by atoms with Crippen molar-refractivity contribution in [1.29, 1.82) is 0 Å². The zero-order chi connectivity index (χ0) is 18.8. The van der Waals surface area contributed by atoms with E-state index in [4.69, 9.17) is 9.52 Å². The van der Waals surface area contributed by atoms with Gasteiger partial charge in [-0.3, -0.25) is 4.79 Å². The molecule has 2 heterocycles. The molecule has 0 radical (unpaired) electrons. The molecule has 25 heavy (non-hydrogen) atoms. The Morgan fingerprint density at radius 3 is 2.68 bits per heavy atom. The van der Waals surface area contributed by atoms with Crippen LogP contribution in [0.25, 0.3) is 0 Å². The molecule has 1 aromatic heterocycles. The highest BCUT2D eigenvalue weighted by molar-refractivity contribution is 7.99. The van der Waals surface area contributed by atoms with Gasteiger partial charge >= 0.3 is 5.97 Å². The lowest BCUT2D eigenvalue weighted by molar-refractivity contribution is -0.124. The minimum Gasteiger partial charge on any atom is -0.475 e. The van der Waals surface area contributed by atoms with Gasteiger partial charge in [-0.2, -0.15) is 16.1 Å². The number of furan rings is 1. The van der Waals surface area contributed by atoms with Crippen LogP contribution in [0.5, 0.6) is 0 Å². The molecule has 1 amide bonds. The van der Waals surface area contributed by atoms with Crippen molar-refractivity contribution in [2.24, 2.45) is 0 Å². The molecule has 0 saturated carbocycles. The molecule has 2 N–H and O–H groups in total. The molecule has 1 aliphatic rings. The standard InChI is InChI=1S/C15H22N2O6S2/c1-15(2,24-3)9-16-13(18)10-5-4-8-17(10)25(21,22)12-7-6-11(23-12)14(19)20/h6-7,10H,4-5,8-9H2,1-3H3,(H,16,18)(H,19,20). The van der Waals surface area contributed by atoms with Crippen molar-refractivity contribution < 1.29 is 27.5 Å². The van der Waals surface area contributed by atoms with Gasteiger partial charge in [0.15, 0.2) is 0 Å². The number of nitrogens with zero attached hydrogens (tertiary/aromatic N) is 1. The number of rotatable bonds is 7. The maximum absolute atomic E-state index is 12.7. The molecule has 1 unspecified atom stereocenters. The highest BCUT2D eigenvalue weighted by Crippen LogP contribution is 2.28. The van der Waals surface area contributed by atoms with Gasteiger partial charge in [0.2, 0.25) is 16.8 Å². The zero-order valence-electron chi connectivity index (χ0n) is 14.3. The van der Waals surface area contributed by atoms with E-state index in [1.807, 2.05) is 20.1 Å². The maximum Gasteiger partial charge on any atom is 0.371 e. The van der Waals surface area contributed by atoms with Crippen LogP contribution in [-0.2, 0) is 14.8 Å². The van der Waals surface area contributed by atoms with Gasteiger partial charge in [0.25, 0.3) is 10.0 Å². The van der Waals surface area contributed by atoms with Crippen LogP contribution in [0.1, 0.15) is 37.2 Å². The van der Waals surface area contributed by atoms with Gasteiger partial charge in [0, 0.05) is 17.8 Å². The van der Waals surface area contributed by atoms with E-state index in [1.54, 1.807) is 11.8 Å². The Kier molecular flexibility index (Phi) is 5.85. The molecule has 1 saturated heterocycles. The molecule has 0 aliphatic carbocycles. The quantitative estimate of drug-likeness (QED) is 0.722. The SMILES string of the molecule is CSC(C)(C)CNC(=O)C1CCCN1S(=O)(=O)c1ccc(C(=O)O)o1. The van der Waals surface area contributed by atoms with Gasteiger partial charge in [-0.1, -0.05) is 0 Å². The second-order valence-electron chi connectivity index (χ2n) is 6.38. The number of nitrogens with one attached hydrogen (secondary N) is 1. The third-order valence-electron chi connectivity index (χ3n) is 4.10. The summed E-state index contributed by atoms with van der Waals surface area (Å²) < 4.78 is 31.2. The fourth-order valence-electron chi connectivity index (χ4n) is 2.47. The predicted molar refractivity (Wildman–Crippen MR) is 93.2 cm³/mol. The Bertz CT molecular complexity index is 756.